The predicted octanol–water partition coefficient (Wildman–Crippen LogP) is 4.26. The zero-order valence-electron chi connectivity index (χ0n) is 19.9. The van der Waals surface area contributed by atoms with E-state index in [9.17, 15) is 22.8 Å². The highest BCUT2D eigenvalue weighted by Crippen LogP contribution is 2.28. The molecule has 1 aliphatic rings. The lowest BCUT2D eigenvalue weighted by Gasteiger charge is -2.30. The maximum atomic E-state index is 12.3. The molecule has 1 aliphatic heterocycles. The maximum Gasteiger partial charge on any atom is 0.407 e. The average molecular weight is 528 g/mol. The van der Waals surface area contributed by atoms with Crippen molar-refractivity contribution < 1.29 is 27.9 Å². The molecule has 0 aliphatic carbocycles. The Hall–Kier alpha value is -4.62. The van der Waals surface area contributed by atoms with Gasteiger partial charge in [0.05, 0.1) is 30.3 Å². The fourth-order valence-corrected chi connectivity index (χ4v) is 4.35. The molecule has 1 fully saturated rings. The Bertz CT molecular complexity index is 1470. The molecule has 38 heavy (non-hydrogen) atoms. The molecule has 4 aromatic rings. The number of nitrogens with one attached hydrogen (secondary N) is 2. The van der Waals surface area contributed by atoms with Crippen LogP contribution in [0.1, 0.15) is 18.9 Å². The maximum absolute atomic E-state index is 12.3. The number of benzene rings is 1. The van der Waals surface area contributed by atoms with Crippen molar-refractivity contribution in [2.75, 3.05) is 25.0 Å². The Morgan fingerprint density at radius 3 is 2.53 bits per heavy atom. The van der Waals surface area contributed by atoms with Crippen molar-refractivity contribution >= 4 is 23.5 Å². The summed E-state index contributed by atoms with van der Waals surface area (Å²) in [5.41, 5.74) is 3.83. The van der Waals surface area contributed by atoms with Crippen LogP contribution < -0.4 is 10.6 Å². The van der Waals surface area contributed by atoms with Crippen LogP contribution in [0.3, 0.4) is 0 Å². The average Bonchev–Trinajstić information content (AvgIpc) is 3.55. The number of aromatic nitrogens is 5. The third-order valence-electron chi connectivity index (χ3n) is 6.27. The number of carboxylic acid groups (broad SMARTS) is 1. The molecular weight excluding hydrogens is 505 g/mol. The number of carbonyl (C=O) groups excluding carboxylic acids is 1. The van der Waals surface area contributed by atoms with Crippen LogP contribution in [0, 0.1) is 0 Å². The zero-order valence-corrected chi connectivity index (χ0v) is 19.9. The van der Waals surface area contributed by atoms with E-state index in [0.717, 1.165) is 11.1 Å². The number of likely N-dealkylation sites (tertiary alicyclic amines) is 1. The molecule has 0 spiro atoms. The minimum Gasteiger partial charge on any atom is -0.465 e. The Morgan fingerprint density at radius 2 is 1.79 bits per heavy atom. The van der Waals surface area contributed by atoms with Gasteiger partial charge in [0.1, 0.15) is 6.54 Å². The summed E-state index contributed by atoms with van der Waals surface area (Å²) in [5, 5.41) is 22.3. The van der Waals surface area contributed by atoms with Crippen molar-refractivity contribution in [1.29, 1.82) is 0 Å². The van der Waals surface area contributed by atoms with Crippen molar-refractivity contribution in [3.63, 3.8) is 0 Å². The number of amides is 3. The van der Waals surface area contributed by atoms with E-state index in [1.54, 1.807) is 52.7 Å². The van der Waals surface area contributed by atoms with Gasteiger partial charge in [0.15, 0.2) is 5.65 Å². The molecule has 0 unspecified atom stereocenters. The molecule has 3 amide bonds. The Balaban J connectivity index is 1.30. The molecule has 1 aromatic carbocycles. The molecule has 198 valence electrons. The number of alkyl halides is 3. The van der Waals surface area contributed by atoms with E-state index in [0.29, 0.717) is 48.5 Å². The molecule has 0 saturated carbocycles. The number of nitrogens with zero attached hydrogens (tertiary/aromatic N) is 6. The lowest BCUT2D eigenvalue weighted by molar-refractivity contribution is -0.122. The molecule has 4 heterocycles. The molecule has 0 bridgehead atoms. The van der Waals surface area contributed by atoms with Gasteiger partial charge in [-0.05, 0) is 31.0 Å². The van der Waals surface area contributed by atoms with E-state index >= 15 is 0 Å². The van der Waals surface area contributed by atoms with Crippen LogP contribution in [0.2, 0.25) is 0 Å². The van der Waals surface area contributed by atoms with Gasteiger partial charge in [0.2, 0.25) is 0 Å². The number of urea groups is 1. The van der Waals surface area contributed by atoms with Crippen molar-refractivity contribution in [2.24, 2.45) is 0 Å². The number of carbonyl (C=O) groups is 2. The number of rotatable bonds is 5. The van der Waals surface area contributed by atoms with Crippen molar-refractivity contribution in [3.05, 3.63) is 55.1 Å². The van der Waals surface area contributed by atoms with Crippen LogP contribution >= 0.6 is 0 Å². The van der Waals surface area contributed by atoms with Crippen LogP contribution in [0.5, 0.6) is 0 Å². The molecule has 1 saturated heterocycles. The molecule has 3 N–H and O–H groups in total. The normalized spacial score (nSPS) is 14.6. The summed E-state index contributed by atoms with van der Waals surface area (Å²) in [6, 6.07) is 7.63. The highest BCUT2D eigenvalue weighted by atomic mass is 19.4. The number of fused-ring (bicyclic) bond motifs is 1. The number of hydrogen-bond donors (Lipinski definition) is 3. The first kappa shape index (κ1) is 25.0. The van der Waals surface area contributed by atoms with E-state index in [1.807, 2.05) is 16.9 Å². The summed E-state index contributed by atoms with van der Waals surface area (Å²) in [6.07, 6.45) is 2.92. The van der Waals surface area contributed by atoms with Gasteiger partial charge in [-0.25, -0.2) is 19.1 Å². The van der Waals surface area contributed by atoms with Gasteiger partial charge < -0.3 is 20.6 Å². The fourth-order valence-electron chi connectivity index (χ4n) is 4.35. The fraction of sp³-hybridized carbons (Fsp3) is 0.292. The van der Waals surface area contributed by atoms with E-state index in [2.05, 4.69) is 20.5 Å². The third-order valence-corrected chi connectivity index (χ3v) is 6.27. The molecule has 0 radical (unpaired) electrons. The summed E-state index contributed by atoms with van der Waals surface area (Å²) < 4.78 is 40.5. The Kier molecular flexibility index (Phi) is 6.61. The van der Waals surface area contributed by atoms with Crippen molar-refractivity contribution in [3.8, 4) is 22.4 Å². The minimum absolute atomic E-state index is 0.116. The van der Waals surface area contributed by atoms with Gasteiger partial charge in [-0.3, -0.25) is 4.68 Å². The number of piperidine rings is 1. The van der Waals surface area contributed by atoms with Gasteiger partial charge in [-0.1, -0.05) is 12.1 Å². The number of hydrogen-bond acceptors (Lipinski definition) is 5. The third kappa shape index (κ3) is 5.53. The van der Waals surface area contributed by atoms with Crippen molar-refractivity contribution in [1.82, 2.24) is 34.6 Å². The van der Waals surface area contributed by atoms with Crippen LogP contribution in [-0.4, -0.2) is 72.3 Å². The zero-order chi connectivity index (χ0) is 26.9. The van der Waals surface area contributed by atoms with E-state index in [1.165, 1.54) is 4.90 Å². The molecule has 0 atom stereocenters. The molecular formula is C24H23F3N8O3. The molecule has 11 nitrogen and oxygen atoms in total. The number of halogens is 3. The summed E-state index contributed by atoms with van der Waals surface area (Å²) in [6.45, 7) is -0.496. The van der Waals surface area contributed by atoms with E-state index < -0.39 is 24.8 Å². The Labute approximate surface area is 213 Å². The number of imidazole rings is 1. The summed E-state index contributed by atoms with van der Waals surface area (Å²) in [5.74, 6) is 0. The first-order valence-electron chi connectivity index (χ1n) is 11.7. The highest BCUT2D eigenvalue weighted by Gasteiger charge is 2.28. The predicted molar refractivity (Wildman–Crippen MR) is 131 cm³/mol. The molecule has 14 heteroatoms. The Morgan fingerprint density at radius 1 is 1.03 bits per heavy atom. The summed E-state index contributed by atoms with van der Waals surface area (Å²) in [7, 11) is 0. The SMILES string of the molecule is O=C(NCC(F)(F)F)Nc1cccc(-c2cnc3cc(-c4cnn(C5CCN(C(=O)O)CC5)c4)cnn23)c1. The summed E-state index contributed by atoms with van der Waals surface area (Å²) >= 11 is 0. The second-order valence-electron chi connectivity index (χ2n) is 8.87. The molecule has 3 aromatic heterocycles. The topological polar surface area (TPSA) is 130 Å². The van der Waals surface area contributed by atoms with E-state index in [-0.39, 0.29) is 6.04 Å². The second kappa shape index (κ2) is 10.0. The summed E-state index contributed by atoms with van der Waals surface area (Å²) in [4.78, 5) is 28.8. The van der Waals surface area contributed by atoms with Gasteiger partial charge in [-0.2, -0.15) is 23.4 Å². The highest BCUT2D eigenvalue weighted by molar-refractivity contribution is 5.90. The lowest BCUT2D eigenvalue weighted by atomic mass is 10.1. The van der Waals surface area contributed by atoms with Gasteiger partial charge >= 0.3 is 18.3 Å². The lowest BCUT2D eigenvalue weighted by Crippen LogP contribution is -2.38. The monoisotopic (exact) mass is 528 g/mol. The largest absolute Gasteiger partial charge is 0.465 e. The van der Waals surface area contributed by atoms with E-state index in [4.69, 9.17) is 5.11 Å². The number of anilines is 1. The van der Waals surface area contributed by atoms with Crippen LogP contribution in [0.25, 0.3) is 28.0 Å². The van der Waals surface area contributed by atoms with Gasteiger partial charge in [0.25, 0.3) is 0 Å². The van der Waals surface area contributed by atoms with Gasteiger partial charge in [-0.15, -0.1) is 0 Å². The minimum atomic E-state index is -4.50. The van der Waals surface area contributed by atoms with Gasteiger partial charge in [0, 0.05) is 41.7 Å². The smallest absolute Gasteiger partial charge is 0.407 e. The van der Waals surface area contributed by atoms with Crippen LogP contribution in [-0.2, 0) is 0 Å². The van der Waals surface area contributed by atoms with Crippen molar-refractivity contribution in [2.45, 2.75) is 25.1 Å². The second-order valence-corrected chi connectivity index (χ2v) is 8.87. The van der Waals surface area contributed by atoms with Crippen LogP contribution in [0.15, 0.2) is 55.1 Å². The van der Waals surface area contributed by atoms with Crippen LogP contribution in [0.4, 0.5) is 28.4 Å². The molecule has 5 rings (SSSR count). The first-order valence-corrected chi connectivity index (χ1v) is 11.7. The first-order chi connectivity index (χ1) is 18.2. The quantitative estimate of drug-likeness (QED) is 0.355. The standard InChI is InChI=1S/C24H23F3N8O3/c25-24(26,27)14-29-22(36)32-18-3-1-2-15(8-18)20-12-28-21-9-16(10-31-35(20)21)17-11-30-34(13-17)19-4-6-33(7-5-19)23(37)38/h1-3,8-13,19H,4-7,14H2,(H,37,38)(H2,29,32,36).